The number of rotatable bonds is 8. The third-order valence-corrected chi connectivity index (χ3v) is 6.28. The predicted octanol–water partition coefficient (Wildman–Crippen LogP) is 5.74. The van der Waals surface area contributed by atoms with Gasteiger partial charge in [-0.25, -0.2) is 4.39 Å². The second kappa shape index (κ2) is 11.3. The number of carbonyl (C=O) groups is 3. The van der Waals surface area contributed by atoms with E-state index in [4.69, 9.17) is 21.1 Å². The minimum absolute atomic E-state index is 0.0320. The lowest BCUT2D eigenvalue weighted by Crippen LogP contribution is -2.36. The Labute approximate surface area is 215 Å². The van der Waals surface area contributed by atoms with Gasteiger partial charge in [-0.15, -0.1) is 0 Å². The number of anilines is 1. The van der Waals surface area contributed by atoms with Crippen LogP contribution in [0.5, 0.6) is 11.5 Å². The third kappa shape index (κ3) is 6.05. The van der Waals surface area contributed by atoms with Gasteiger partial charge in [-0.1, -0.05) is 41.9 Å². The molecule has 0 bridgehead atoms. The summed E-state index contributed by atoms with van der Waals surface area (Å²) in [5, 5.41) is 2.41. The summed E-state index contributed by atoms with van der Waals surface area (Å²) in [5.41, 5.74) is 1.50. The van der Waals surface area contributed by atoms with Crippen LogP contribution in [0.4, 0.5) is 14.9 Å². The quantitative estimate of drug-likeness (QED) is 0.377. The Kier molecular flexibility index (Phi) is 7.92. The van der Waals surface area contributed by atoms with Crippen molar-refractivity contribution in [2.24, 2.45) is 0 Å². The lowest BCUT2D eigenvalue weighted by atomic mass is 10.1. The molecule has 10 heteroatoms. The summed E-state index contributed by atoms with van der Waals surface area (Å²) in [6.07, 6.45) is 1.53. The van der Waals surface area contributed by atoms with Crippen LogP contribution in [0.15, 0.2) is 71.6 Å². The van der Waals surface area contributed by atoms with E-state index in [1.54, 1.807) is 36.4 Å². The highest BCUT2D eigenvalue weighted by molar-refractivity contribution is 8.18. The topological polar surface area (TPSA) is 84.9 Å². The summed E-state index contributed by atoms with van der Waals surface area (Å²) < 4.78 is 25.0. The Balaban J connectivity index is 1.43. The number of nitrogens with zero attached hydrogens (tertiary/aromatic N) is 1. The fourth-order valence-electron chi connectivity index (χ4n) is 3.32. The van der Waals surface area contributed by atoms with Gasteiger partial charge >= 0.3 is 0 Å². The molecule has 1 heterocycles. The number of hydrogen-bond donors (Lipinski definition) is 1. The molecule has 0 spiro atoms. The van der Waals surface area contributed by atoms with Crippen molar-refractivity contribution >= 4 is 52.2 Å². The number of nitrogens with one attached hydrogen (secondary N) is 1. The largest absolute Gasteiger partial charge is 0.493 e. The summed E-state index contributed by atoms with van der Waals surface area (Å²) in [6, 6.07) is 18.0. The molecular formula is C26H20ClFN2O5S. The van der Waals surface area contributed by atoms with Crippen molar-refractivity contribution in [1.29, 1.82) is 0 Å². The average molecular weight is 527 g/mol. The molecule has 0 aromatic heterocycles. The summed E-state index contributed by atoms with van der Waals surface area (Å²) in [4.78, 5) is 38.4. The fourth-order valence-corrected chi connectivity index (χ4v) is 4.28. The molecule has 184 valence electrons. The van der Waals surface area contributed by atoms with Crippen molar-refractivity contribution in [1.82, 2.24) is 4.90 Å². The number of para-hydroxylation sites is 1. The SMILES string of the molecule is COc1cc(/C=C2\SC(=O)N(CC(=O)Nc3ccccc3F)C2=O)ccc1OCc1ccc(Cl)cc1. The van der Waals surface area contributed by atoms with Crippen molar-refractivity contribution in [2.75, 3.05) is 19.0 Å². The Hall–Kier alpha value is -3.82. The van der Waals surface area contributed by atoms with Crippen molar-refractivity contribution < 1.29 is 28.2 Å². The molecule has 1 fully saturated rings. The summed E-state index contributed by atoms with van der Waals surface area (Å²) in [7, 11) is 1.50. The maximum atomic E-state index is 13.8. The van der Waals surface area contributed by atoms with Gasteiger partial charge in [0.15, 0.2) is 11.5 Å². The van der Waals surface area contributed by atoms with E-state index in [0.29, 0.717) is 40.5 Å². The number of ether oxygens (including phenoxy) is 2. The lowest BCUT2D eigenvalue weighted by molar-refractivity contribution is -0.127. The van der Waals surface area contributed by atoms with Crippen LogP contribution >= 0.6 is 23.4 Å². The van der Waals surface area contributed by atoms with Crippen molar-refractivity contribution in [3.63, 3.8) is 0 Å². The molecule has 7 nitrogen and oxygen atoms in total. The number of benzene rings is 3. The zero-order valence-electron chi connectivity index (χ0n) is 19.0. The molecule has 0 atom stereocenters. The van der Waals surface area contributed by atoms with Gasteiger partial charge in [-0.05, 0) is 65.4 Å². The first-order chi connectivity index (χ1) is 17.3. The Morgan fingerprint density at radius 3 is 2.56 bits per heavy atom. The number of imide groups is 1. The normalized spacial score (nSPS) is 14.3. The molecular weight excluding hydrogens is 507 g/mol. The number of thioether (sulfide) groups is 1. The third-order valence-electron chi connectivity index (χ3n) is 5.12. The number of methoxy groups -OCH3 is 1. The van der Waals surface area contributed by atoms with E-state index < -0.39 is 29.4 Å². The van der Waals surface area contributed by atoms with E-state index in [-0.39, 0.29) is 10.6 Å². The van der Waals surface area contributed by atoms with Gasteiger partial charge < -0.3 is 14.8 Å². The molecule has 3 aromatic carbocycles. The molecule has 1 N–H and O–H groups in total. The maximum Gasteiger partial charge on any atom is 0.294 e. The van der Waals surface area contributed by atoms with Crippen LogP contribution < -0.4 is 14.8 Å². The summed E-state index contributed by atoms with van der Waals surface area (Å²) in [5.74, 6) is -0.971. The summed E-state index contributed by atoms with van der Waals surface area (Å²) in [6.45, 7) is -0.224. The first-order valence-electron chi connectivity index (χ1n) is 10.7. The van der Waals surface area contributed by atoms with Crippen LogP contribution in [0.2, 0.25) is 5.02 Å². The van der Waals surface area contributed by atoms with Gasteiger partial charge in [0.25, 0.3) is 11.1 Å². The van der Waals surface area contributed by atoms with Crippen LogP contribution in [0, 0.1) is 5.82 Å². The van der Waals surface area contributed by atoms with Crippen molar-refractivity contribution in [3.8, 4) is 11.5 Å². The van der Waals surface area contributed by atoms with Gasteiger partial charge in [0.1, 0.15) is 19.0 Å². The summed E-state index contributed by atoms with van der Waals surface area (Å²) >= 11 is 6.62. The average Bonchev–Trinajstić information content (AvgIpc) is 3.12. The molecule has 3 amide bonds. The van der Waals surface area contributed by atoms with Gasteiger partial charge in [0.2, 0.25) is 5.91 Å². The van der Waals surface area contributed by atoms with Gasteiger partial charge in [0.05, 0.1) is 17.7 Å². The number of hydrogen-bond acceptors (Lipinski definition) is 6. The van der Waals surface area contributed by atoms with Crippen LogP contribution in [0.1, 0.15) is 11.1 Å². The zero-order chi connectivity index (χ0) is 25.7. The van der Waals surface area contributed by atoms with Gasteiger partial charge in [0, 0.05) is 5.02 Å². The van der Waals surface area contributed by atoms with Gasteiger partial charge in [-0.3, -0.25) is 19.3 Å². The first-order valence-corrected chi connectivity index (χ1v) is 11.9. The molecule has 3 aromatic rings. The van der Waals surface area contributed by atoms with E-state index in [0.717, 1.165) is 10.5 Å². The Morgan fingerprint density at radius 1 is 1.08 bits per heavy atom. The molecule has 0 radical (unpaired) electrons. The smallest absolute Gasteiger partial charge is 0.294 e. The molecule has 36 heavy (non-hydrogen) atoms. The van der Waals surface area contributed by atoms with E-state index in [9.17, 15) is 18.8 Å². The van der Waals surface area contributed by atoms with E-state index in [2.05, 4.69) is 5.32 Å². The van der Waals surface area contributed by atoms with Gasteiger partial charge in [-0.2, -0.15) is 0 Å². The molecule has 1 aliphatic heterocycles. The maximum absolute atomic E-state index is 13.8. The van der Waals surface area contributed by atoms with Crippen LogP contribution in [0.3, 0.4) is 0 Å². The highest BCUT2D eigenvalue weighted by atomic mass is 35.5. The highest BCUT2D eigenvalue weighted by Gasteiger charge is 2.36. The van der Waals surface area contributed by atoms with E-state index in [1.165, 1.54) is 31.4 Å². The van der Waals surface area contributed by atoms with E-state index in [1.807, 2.05) is 12.1 Å². The molecule has 0 unspecified atom stereocenters. The molecule has 0 aliphatic carbocycles. The minimum atomic E-state index is -0.687. The zero-order valence-corrected chi connectivity index (χ0v) is 20.6. The second-order valence-electron chi connectivity index (χ2n) is 7.62. The predicted molar refractivity (Wildman–Crippen MR) is 136 cm³/mol. The monoisotopic (exact) mass is 526 g/mol. The van der Waals surface area contributed by atoms with Crippen molar-refractivity contribution in [3.05, 3.63) is 93.6 Å². The molecule has 0 saturated carbocycles. The van der Waals surface area contributed by atoms with E-state index >= 15 is 0 Å². The standard InChI is InChI=1S/C26H20ClFN2O5S/c1-34-22-12-17(8-11-21(22)35-15-16-6-9-18(27)10-7-16)13-23-25(32)30(26(33)36-23)14-24(31)29-20-5-3-2-4-19(20)28/h2-13H,14-15H2,1H3,(H,29,31)/b23-13-. The Morgan fingerprint density at radius 2 is 1.83 bits per heavy atom. The number of halogens is 2. The first kappa shape index (κ1) is 25.3. The Bertz CT molecular complexity index is 1350. The van der Waals surface area contributed by atoms with Crippen LogP contribution in [-0.4, -0.2) is 35.6 Å². The lowest BCUT2D eigenvalue weighted by Gasteiger charge is -2.13. The molecule has 4 rings (SSSR count). The van der Waals surface area contributed by atoms with Crippen LogP contribution in [0.25, 0.3) is 6.08 Å². The second-order valence-corrected chi connectivity index (χ2v) is 9.05. The number of amides is 3. The molecule has 1 saturated heterocycles. The van der Waals surface area contributed by atoms with Crippen molar-refractivity contribution in [2.45, 2.75) is 6.61 Å². The number of carbonyl (C=O) groups excluding carboxylic acids is 3. The molecule has 1 aliphatic rings. The highest BCUT2D eigenvalue weighted by Crippen LogP contribution is 2.35. The minimum Gasteiger partial charge on any atom is -0.493 e. The van der Waals surface area contributed by atoms with Crippen LogP contribution in [-0.2, 0) is 16.2 Å². The fraction of sp³-hybridized carbons (Fsp3) is 0.115.